The summed E-state index contributed by atoms with van der Waals surface area (Å²) in [5.74, 6) is 0. The fourth-order valence-corrected chi connectivity index (χ4v) is 1.44. The van der Waals surface area contributed by atoms with E-state index >= 15 is 0 Å². The van der Waals surface area contributed by atoms with E-state index in [9.17, 15) is 4.79 Å². The van der Waals surface area contributed by atoms with E-state index in [0.29, 0.717) is 13.2 Å². The van der Waals surface area contributed by atoms with E-state index in [1.807, 2.05) is 24.3 Å². The van der Waals surface area contributed by atoms with Crippen molar-refractivity contribution in [2.24, 2.45) is 0 Å². The molecular weight excluding hydrogens is 319 g/mol. The predicted molar refractivity (Wildman–Crippen MR) is 72.7 cm³/mol. The number of benzene rings is 1. The van der Waals surface area contributed by atoms with E-state index in [4.69, 9.17) is 4.74 Å². The van der Waals surface area contributed by atoms with E-state index in [-0.39, 0.29) is 6.03 Å². The number of nitrogens with zero attached hydrogens (tertiary/aromatic N) is 1. The van der Waals surface area contributed by atoms with Crippen molar-refractivity contribution in [3.05, 3.63) is 27.8 Å². The number of carbonyl (C=O) groups is 1. The highest BCUT2D eigenvalue weighted by Crippen LogP contribution is 2.11. The molecule has 0 radical (unpaired) electrons. The summed E-state index contributed by atoms with van der Waals surface area (Å²) in [4.78, 5) is 13.2. The van der Waals surface area contributed by atoms with Crippen LogP contribution in [0.1, 0.15) is 0 Å². The number of hydrogen-bond acceptors (Lipinski definition) is 2. The Hall–Kier alpha value is -0.820. The highest BCUT2D eigenvalue weighted by atomic mass is 127. The Morgan fingerprint density at radius 3 is 2.62 bits per heavy atom. The molecule has 0 fully saturated rings. The van der Waals surface area contributed by atoms with Gasteiger partial charge in [-0.2, -0.15) is 0 Å². The third kappa shape index (κ3) is 4.36. The monoisotopic (exact) mass is 334 g/mol. The molecule has 2 amide bonds. The molecule has 88 valence electrons. The number of amides is 2. The molecule has 0 bridgehead atoms. The first kappa shape index (κ1) is 13.2. The van der Waals surface area contributed by atoms with Crippen molar-refractivity contribution in [1.29, 1.82) is 0 Å². The van der Waals surface area contributed by atoms with Crippen LogP contribution >= 0.6 is 22.6 Å². The molecule has 4 nitrogen and oxygen atoms in total. The molecule has 0 heterocycles. The van der Waals surface area contributed by atoms with Gasteiger partial charge in [0, 0.05) is 30.0 Å². The first-order chi connectivity index (χ1) is 7.63. The maximum absolute atomic E-state index is 11.7. The van der Waals surface area contributed by atoms with Crippen LogP contribution in [0.3, 0.4) is 0 Å². The maximum atomic E-state index is 11.7. The zero-order valence-electron chi connectivity index (χ0n) is 9.37. The summed E-state index contributed by atoms with van der Waals surface area (Å²) in [7, 11) is 3.35. The van der Waals surface area contributed by atoms with Gasteiger partial charge in [0.05, 0.1) is 6.61 Å². The summed E-state index contributed by atoms with van der Waals surface area (Å²) >= 11 is 2.22. The van der Waals surface area contributed by atoms with Crippen molar-refractivity contribution >= 4 is 34.3 Å². The third-order valence-electron chi connectivity index (χ3n) is 2.07. The normalized spacial score (nSPS) is 9.94. The summed E-state index contributed by atoms with van der Waals surface area (Å²) in [6.07, 6.45) is 0. The van der Waals surface area contributed by atoms with Crippen molar-refractivity contribution in [2.45, 2.75) is 0 Å². The number of likely N-dealkylation sites (N-methyl/N-ethyl adjacent to an activating group) is 1. The van der Waals surface area contributed by atoms with E-state index in [1.54, 1.807) is 19.1 Å². The van der Waals surface area contributed by atoms with Crippen molar-refractivity contribution in [2.75, 3.05) is 32.6 Å². The van der Waals surface area contributed by atoms with Gasteiger partial charge in [-0.05, 0) is 46.9 Å². The van der Waals surface area contributed by atoms with Crippen LogP contribution in [0.25, 0.3) is 0 Å². The van der Waals surface area contributed by atoms with E-state index in [2.05, 4.69) is 27.9 Å². The number of carbonyl (C=O) groups excluding carboxylic acids is 1. The number of rotatable bonds is 4. The lowest BCUT2D eigenvalue weighted by Gasteiger charge is -2.17. The molecule has 0 spiro atoms. The molecule has 1 aromatic rings. The number of urea groups is 1. The Bertz CT molecular complexity index is 340. The first-order valence-corrected chi connectivity index (χ1v) is 5.98. The predicted octanol–water partition coefficient (Wildman–Crippen LogP) is 2.40. The number of halogens is 1. The van der Waals surface area contributed by atoms with Gasteiger partial charge in [-0.25, -0.2) is 4.79 Å². The SMILES string of the molecule is COCCN(C)C(=O)Nc1ccc(I)cc1. The minimum absolute atomic E-state index is 0.127. The van der Waals surface area contributed by atoms with E-state index < -0.39 is 0 Å². The van der Waals surface area contributed by atoms with Crippen molar-refractivity contribution in [3.8, 4) is 0 Å². The Kier molecular flexibility index (Phi) is 5.54. The van der Waals surface area contributed by atoms with Crippen LogP contribution in [0.15, 0.2) is 24.3 Å². The van der Waals surface area contributed by atoms with Crippen LogP contribution in [0.5, 0.6) is 0 Å². The molecular formula is C11H15IN2O2. The number of methoxy groups -OCH3 is 1. The molecule has 0 aliphatic heterocycles. The van der Waals surface area contributed by atoms with Crippen LogP contribution in [-0.2, 0) is 4.74 Å². The summed E-state index contributed by atoms with van der Waals surface area (Å²) in [6, 6.07) is 7.53. The van der Waals surface area contributed by atoms with Gasteiger partial charge in [0.15, 0.2) is 0 Å². The standard InChI is InChI=1S/C11H15IN2O2/c1-14(7-8-16-2)11(15)13-10-5-3-9(12)4-6-10/h3-6H,7-8H2,1-2H3,(H,13,15). The smallest absolute Gasteiger partial charge is 0.321 e. The van der Waals surface area contributed by atoms with Crippen LogP contribution in [0.2, 0.25) is 0 Å². The number of ether oxygens (including phenoxy) is 1. The van der Waals surface area contributed by atoms with Crippen LogP contribution in [-0.4, -0.2) is 38.2 Å². The van der Waals surface area contributed by atoms with Gasteiger partial charge in [-0.1, -0.05) is 0 Å². The Labute approximate surface area is 109 Å². The second-order valence-corrected chi connectivity index (χ2v) is 4.60. The Morgan fingerprint density at radius 1 is 1.44 bits per heavy atom. The fourth-order valence-electron chi connectivity index (χ4n) is 1.08. The fraction of sp³-hybridized carbons (Fsp3) is 0.364. The Balaban J connectivity index is 2.47. The molecule has 0 aromatic heterocycles. The topological polar surface area (TPSA) is 41.6 Å². The number of hydrogen-bond donors (Lipinski definition) is 1. The lowest BCUT2D eigenvalue weighted by atomic mass is 10.3. The van der Waals surface area contributed by atoms with Gasteiger partial charge in [-0.3, -0.25) is 0 Å². The van der Waals surface area contributed by atoms with Crippen LogP contribution < -0.4 is 5.32 Å². The van der Waals surface area contributed by atoms with Crippen molar-refractivity contribution in [3.63, 3.8) is 0 Å². The lowest BCUT2D eigenvalue weighted by molar-refractivity contribution is 0.165. The molecule has 0 unspecified atom stereocenters. The van der Waals surface area contributed by atoms with E-state index in [1.165, 1.54) is 0 Å². The average molecular weight is 334 g/mol. The van der Waals surface area contributed by atoms with Gasteiger partial charge < -0.3 is 15.0 Å². The summed E-state index contributed by atoms with van der Waals surface area (Å²) in [5, 5.41) is 2.81. The second-order valence-electron chi connectivity index (χ2n) is 3.35. The van der Waals surface area contributed by atoms with Gasteiger partial charge in [-0.15, -0.1) is 0 Å². The number of anilines is 1. The molecule has 0 aliphatic carbocycles. The van der Waals surface area contributed by atoms with Gasteiger partial charge in [0.2, 0.25) is 0 Å². The molecule has 0 atom stereocenters. The summed E-state index contributed by atoms with van der Waals surface area (Å²) in [6.45, 7) is 1.11. The third-order valence-corrected chi connectivity index (χ3v) is 2.79. The molecule has 16 heavy (non-hydrogen) atoms. The number of nitrogens with one attached hydrogen (secondary N) is 1. The zero-order chi connectivity index (χ0) is 12.0. The molecule has 0 aliphatic rings. The van der Waals surface area contributed by atoms with Crippen LogP contribution in [0, 0.1) is 3.57 Å². The first-order valence-electron chi connectivity index (χ1n) is 4.90. The molecule has 0 saturated heterocycles. The highest BCUT2D eigenvalue weighted by Gasteiger charge is 2.07. The Morgan fingerprint density at radius 2 is 2.06 bits per heavy atom. The summed E-state index contributed by atoms with van der Waals surface area (Å²) in [5.41, 5.74) is 0.801. The van der Waals surface area contributed by atoms with Crippen molar-refractivity contribution < 1.29 is 9.53 Å². The zero-order valence-corrected chi connectivity index (χ0v) is 11.5. The quantitative estimate of drug-likeness (QED) is 0.859. The lowest BCUT2D eigenvalue weighted by Crippen LogP contribution is -2.33. The molecule has 1 aromatic carbocycles. The summed E-state index contributed by atoms with van der Waals surface area (Å²) < 4.78 is 6.05. The van der Waals surface area contributed by atoms with E-state index in [0.717, 1.165) is 9.26 Å². The largest absolute Gasteiger partial charge is 0.383 e. The maximum Gasteiger partial charge on any atom is 0.321 e. The molecule has 0 saturated carbocycles. The molecule has 5 heteroatoms. The van der Waals surface area contributed by atoms with Gasteiger partial charge in [0.25, 0.3) is 0 Å². The van der Waals surface area contributed by atoms with Crippen molar-refractivity contribution in [1.82, 2.24) is 4.90 Å². The second kappa shape index (κ2) is 6.70. The average Bonchev–Trinajstić information content (AvgIpc) is 2.29. The highest BCUT2D eigenvalue weighted by molar-refractivity contribution is 14.1. The van der Waals surface area contributed by atoms with Gasteiger partial charge >= 0.3 is 6.03 Å². The molecule has 1 rings (SSSR count). The van der Waals surface area contributed by atoms with Gasteiger partial charge in [0.1, 0.15) is 0 Å². The molecule has 1 N–H and O–H groups in total. The minimum atomic E-state index is -0.127. The minimum Gasteiger partial charge on any atom is -0.383 e. The van der Waals surface area contributed by atoms with Crippen LogP contribution in [0.4, 0.5) is 10.5 Å².